The third-order valence-electron chi connectivity index (χ3n) is 4.57. The molecule has 0 aliphatic rings. The van der Waals surface area contributed by atoms with Crippen LogP contribution in [0.2, 0.25) is 0 Å². The van der Waals surface area contributed by atoms with Crippen molar-refractivity contribution < 1.29 is 22.7 Å². The molecule has 0 spiro atoms. The fraction of sp³-hybridized carbons (Fsp3) is 0.217. The number of aromatic nitrogens is 1. The lowest BCUT2D eigenvalue weighted by molar-refractivity contribution is -0.115. The molecule has 0 unspecified atom stereocenters. The van der Waals surface area contributed by atoms with E-state index in [1.807, 2.05) is 23.6 Å². The summed E-state index contributed by atoms with van der Waals surface area (Å²) in [7, 11) is -0.281. The van der Waals surface area contributed by atoms with Crippen LogP contribution in [-0.4, -0.2) is 40.1 Å². The minimum atomic E-state index is -3.43. The number of ether oxygens (including phenoxy) is 2. The zero-order valence-corrected chi connectivity index (χ0v) is 20.0. The van der Waals surface area contributed by atoms with Gasteiger partial charge in [-0.2, -0.15) is 0 Å². The summed E-state index contributed by atoms with van der Waals surface area (Å²) in [6.07, 6.45) is 1.60. The van der Waals surface area contributed by atoms with Crippen molar-refractivity contribution in [1.29, 1.82) is 0 Å². The fourth-order valence-electron chi connectivity index (χ4n) is 3.00. The van der Waals surface area contributed by atoms with E-state index in [4.69, 9.17) is 9.47 Å². The second-order valence-electron chi connectivity index (χ2n) is 7.03. The van der Waals surface area contributed by atoms with E-state index >= 15 is 0 Å². The quantitative estimate of drug-likeness (QED) is 0.400. The van der Waals surface area contributed by atoms with E-state index in [0.717, 1.165) is 10.6 Å². The van der Waals surface area contributed by atoms with Gasteiger partial charge in [-0.1, -0.05) is 18.2 Å². The Balaban J connectivity index is 1.59. The molecule has 174 valence electrons. The van der Waals surface area contributed by atoms with Gasteiger partial charge in [-0.25, -0.2) is 18.1 Å². The van der Waals surface area contributed by atoms with Gasteiger partial charge in [-0.15, -0.1) is 17.9 Å². The van der Waals surface area contributed by atoms with E-state index in [9.17, 15) is 13.2 Å². The summed E-state index contributed by atoms with van der Waals surface area (Å²) < 4.78 is 36.9. The Hall–Kier alpha value is -3.21. The molecule has 0 radical (unpaired) electrons. The first-order valence-electron chi connectivity index (χ1n) is 9.97. The summed E-state index contributed by atoms with van der Waals surface area (Å²) in [5, 5.41) is 5.42. The third kappa shape index (κ3) is 6.88. The molecule has 0 aliphatic heterocycles. The largest absolute Gasteiger partial charge is 0.493 e. The van der Waals surface area contributed by atoms with Gasteiger partial charge in [-0.05, 0) is 35.9 Å². The third-order valence-corrected chi connectivity index (χ3v) is 6.83. The monoisotopic (exact) mass is 487 g/mol. The van der Waals surface area contributed by atoms with Gasteiger partial charge in [0.2, 0.25) is 15.9 Å². The van der Waals surface area contributed by atoms with Crippen molar-refractivity contribution in [2.45, 2.75) is 12.2 Å². The van der Waals surface area contributed by atoms with Crippen molar-refractivity contribution in [3.63, 3.8) is 0 Å². The molecule has 1 aromatic heterocycles. The number of carbonyl (C=O) groups is 1. The number of nitrogens with zero attached hydrogens (tertiary/aromatic N) is 1. The van der Waals surface area contributed by atoms with Crippen molar-refractivity contribution in [2.24, 2.45) is 0 Å². The van der Waals surface area contributed by atoms with Crippen LogP contribution in [0.3, 0.4) is 0 Å². The number of carbonyl (C=O) groups excluding carboxylic acids is 1. The maximum Gasteiger partial charge on any atom is 0.230 e. The van der Waals surface area contributed by atoms with Crippen LogP contribution in [0.25, 0.3) is 10.6 Å². The summed E-state index contributed by atoms with van der Waals surface area (Å²) in [6.45, 7) is 3.67. The lowest BCUT2D eigenvalue weighted by Crippen LogP contribution is -2.25. The Labute approximate surface area is 197 Å². The highest BCUT2D eigenvalue weighted by molar-refractivity contribution is 7.88. The lowest BCUT2D eigenvalue weighted by Gasteiger charge is -2.08. The van der Waals surface area contributed by atoms with Gasteiger partial charge >= 0.3 is 0 Å². The van der Waals surface area contributed by atoms with E-state index in [2.05, 4.69) is 21.6 Å². The number of hydrogen-bond donors (Lipinski definition) is 2. The molecule has 2 N–H and O–H groups in total. The van der Waals surface area contributed by atoms with Crippen molar-refractivity contribution >= 4 is 33.0 Å². The predicted octanol–water partition coefficient (Wildman–Crippen LogP) is 3.61. The SMILES string of the molecule is C=CCNS(=O)(=O)Cc1ccc(NC(=O)Cc2csc(-c3ccc(OC)c(OC)c3)n2)cc1. The summed E-state index contributed by atoms with van der Waals surface area (Å²) >= 11 is 1.44. The molecule has 0 bridgehead atoms. The van der Waals surface area contributed by atoms with Crippen molar-refractivity contribution in [3.05, 3.63) is 71.8 Å². The second kappa shape index (κ2) is 11.1. The minimum Gasteiger partial charge on any atom is -0.493 e. The molecular formula is C23H25N3O5S2. The number of hydrogen-bond acceptors (Lipinski definition) is 7. The molecule has 1 amide bonds. The summed E-state index contributed by atoms with van der Waals surface area (Å²) in [6, 6.07) is 12.2. The van der Waals surface area contributed by atoms with Gasteiger partial charge < -0.3 is 14.8 Å². The van der Waals surface area contributed by atoms with E-state index < -0.39 is 10.0 Å². The summed E-state index contributed by atoms with van der Waals surface area (Å²) in [5.74, 6) is 0.880. The van der Waals surface area contributed by atoms with Crippen molar-refractivity contribution in [1.82, 2.24) is 9.71 Å². The highest BCUT2D eigenvalue weighted by Gasteiger charge is 2.13. The van der Waals surface area contributed by atoms with Crippen LogP contribution in [0.1, 0.15) is 11.3 Å². The average molecular weight is 488 g/mol. The molecule has 8 nitrogen and oxygen atoms in total. The van der Waals surface area contributed by atoms with Gasteiger partial charge in [0.15, 0.2) is 11.5 Å². The number of thiazole rings is 1. The van der Waals surface area contributed by atoms with Crippen LogP contribution in [0, 0.1) is 0 Å². The Morgan fingerprint density at radius 1 is 1.12 bits per heavy atom. The van der Waals surface area contributed by atoms with Crippen LogP contribution in [0.15, 0.2) is 60.5 Å². The molecule has 3 rings (SSSR count). The Morgan fingerprint density at radius 3 is 2.52 bits per heavy atom. The van der Waals surface area contributed by atoms with Crippen LogP contribution < -0.4 is 19.5 Å². The van der Waals surface area contributed by atoms with Gasteiger partial charge in [-0.3, -0.25) is 4.79 Å². The molecule has 0 saturated heterocycles. The Bertz CT molecular complexity index is 1220. The summed E-state index contributed by atoms with van der Waals surface area (Å²) in [4.78, 5) is 17.0. The number of sulfonamides is 1. The molecule has 1 heterocycles. The van der Waals surface area contributed by atoms with E-state index in [0.29, 0.717) is 28.4 Å². The summed E-state index contributed by atoms with van der Waals surface area (Å²) in [5.41, 5.74) is 2.72. The number of methoxy groups -OCH3 is 2. The smallest absolute Gasteiger partial charge is 0.230 e. The molecule has 3 aromatic rings. The van der Waals surface area contributed by atoms with Crippen LogP contribution in [0.4, 0.5) is 5.69 Å². The normalized spacial score (nSPS) is 11.1. The number of rotatable bonds is 11. The molecule has 0 aliphatic carbocycles. The first-order valence-corrected chi connectivity index (χ1v) is 12.5. The van der Waals surface area contributed by atoms with E-state index in [-0.39, 0.29) is 24.6 Å². The fourth-order valence-corrected chi connectivity index (χ4v) is 4.92. The highest BCUT2D eigenvalue weighted by Crippen LogP contribution is 2.33. The van der Waals surface area contributed by atoms with Crippen LogP contribution >= 0.6 is 11.3 Å². The average Bonchev–Trinajstić information content (AvgIpc) is 3.26. The zero-order valence-electron chi connectivity index (χ0n) is 18.3. The van der Waals surface area contributed by atoms with Gasteiger partial charge in [0, 0.05) is 23.2 Å². The first kappa shape index (κ1) is 24.4. The lowest BCUT2D eigenvalue weighted by atomic mass is 10.2. The molecule has 0 atom stereocenters. The Morgan fingerprint density at radius 2 is 1.85 bits per heavy atom. The van der Waals surface area contributed by atoms with E-state index in [1.165, 1.54) is 17.4 Å². The van der Waals surface area contributed by atoms with Crippen molar-refractivity contribution in [2.75, 3.05) is 26.1 Å². The number of nitrogens with one attached hydrogen (secondary N) is 2. The molecular weight excluding hydrogens is 462 g/mol. The molecule has 33 heavy (non-hydrogen) atoms. The van der Waals surface area contributed by atoms with Crippen molar-refractivity contribution in [3.8, 4) is 22.1 Å². The molecule has 2 aromatic carbocycles. The minimum absolute atomic E-state index is 0.116. The molecule has 0 fully saturated rings. The van der Waals surface area contributed by atoms with Crippen LogP contribution in [0.5, 0.6) is 11.5 Å². The number of anilines is 1. The second-order valence-corrected chi connectivity index (χ2v) is 9.70. The Kier molecular flexibility index (Phi) is 8.21. The van der Waals surface area contributed by atoms with Gasteiger partial charge in [0.25, 0.3) is 0 Å². The number of amides is 1. The standard InChI is InChI=1S/C23H25N3O5S2/c1-4-11-24-33(28,29)15-16-5-8-18(9-6-16)25-22(27)13-19-14-32-23(26-19)17-7-10-20(30-2)21(12-17)31-3/h4-10,12,14,24H,1,11,13,15H2,2-3H3,(H,25,27). The highest BCUT2D eigenvalue weighted by atomic mass is 32.2. The van der Waals surface area contributed by atoms with E-state index in [1.54, 1.807) is 38.5 Å². The predicted molar refractivity (Wildman–Crippen MR) is 130 cm³/mol. The first-order chi connectivity index (χ1) is 15.8. The van der Waals surface area contributed by atoms with Crippen LogP contribution in [-0.2, 0) is 27.0 Å². The molecule has 10 heteroatoms. The topological polar surface area (TPSA) is 107 Å². The zero-order chi connectivity index (χ0) is 23.8. The van der Waals surface area contributed by atoms with Gasteiger partial charge in [0.05, 0.1) is 32.1 Å². The molecule has 0 saturated carbocycles. The maximum atomic E-state index is 12.4. The van der Waals surface area contributed by atoms with Gasteiger partial charge in [0.1, 0.15) is 5.01 Å². The number of benzene rings is 2. The maximum absolute atomic E-state index is 12.4.